The quantitative estimate of drug-likeness (QED) is 0.654. The molecule has 3 N–H and O–H groups in total. The molecule has 1 heterocycles. The van der Waals surface area contributed by atoms with Crippen LogP contribution >= 0.6 is 15.9 Å². The molecule has 7 heteroatoms. The van der Waals surface area contributed by atoms with Crippen molar-refractivity contribution in [1.29, 1.82) is 0 Å². The van der Waals surface area contributed by atoms with Crippen molar-refractivity contribution in [2.24, 2.45) is 0 Å². The number of hydrogen-bond acceptors (Lipinski definition) is 4. The summed E-state index contributed by atoms with van der Waals surface area (Å²) in [6.45, 7) is 2.56. The zero-order valence-corrected chi connectivity index (χ0v) is 17.1. The first-order valence-electron chi connectivity index (χ1n) is 9.14. The van der Waals surface area contributed by atoms with E-state index in [-0.39, 0.29) is 6.04 Å². The molecule has 2 aromatic rings. The Hall–Kier alpha value is -2.22. The van der Waals surface area contributed by atoms with Crippen LogP contribution in [-0.2, 0) is 22.6 Å². The number of aliphatic hydroxyl groups excluding tert-OH is 2. The van der Waals surface area contributed by atoms with Crippen molar-refractivity contribution in [2.75, 3.05) is 6.54 Å². The Morgan fingerprint density at radius 3 is 2.50 bits per heavy atom. The van der Waals surface area contributed by atoms with Gasteiger partial charge in [0.2, 0.25) is 0 Å². The Balaban J connectivity index is 1.61. The van der Waals surface area contributed by atoms with Crippen molar-refractivity contribution < 1.29 is 19.8 Å². The molecule has 1 aliphatic heterocycles. The molecule has 3 rings (SSSR count). The van der Waals surface area contributed by atoms with Crippen molar-refractivity contribution >= 4 is 27.7 Å². The van der Waals surface area contributed by atoms with E-state index in [4.69, 9.17) is 0 Å². The summed E-state index contributed by atoms with van der Waals surface area (Å²) >= 11 is 3.37. The van der Waals surface area contributed by atoms with Crippen LogP contribution in [-0.4, -0.2) is 45.7 Å². The van der Waals surface area contributed by atoms with Crippen molar-refractivity contribution in [3.8, 4) is 0 Å². The molecule has 0 saturated carbocycles. The average Bonchev–Trinajstić information content (AvgIpc) is 2.71. The lowest BCUT2D eigenvalue weighted by Gasteiger charge is -2.31. The van der Waals surface area contributed by atoms with Gasteiger partial charge in [0, 0.05) is 17.6 Å². The van der Waals surface area contributed by atoms with Crippen molar-refractivity contribution in [1.82, 2.24) is 10.2 Å². The van der Waals surface area contributed by atoms with Crippen LogP contribution in [0.3, 0.4) is 0 Å². The molecule has 2 aromatic carbocycles. The standard InChI is InChI=1S/C21H23BrN2O4/c1-13(15-7-4-8-17(22)11-15)23-20(27)18(25)19(26)21(28)24-10-9-14-5-2-3-6-16(14)12-24/h2-8,11,13,18-19,25-26H,9-10,12H2,1H3,(H,23,27)/t13-,18?,19?/m0/s1. The van der Waals surface area contributed by atoms with Gasteiger partial charge in [-0.05, 0) is 42.2 Å². The van der Waals surface area contributed by atoms with Crippen LogP contribution in [0.15, 0.2) is 53.0 Å². The van der Waals surface area contributed by atoms with Gasteiger partial charge in [0.25, 0.3) is 11.8 Å². The molecule has 3 atom stereocenters. The molecule has 0 aliphatic carbocycles. The van der Waals surface area contributed by atoms with Crippen LogP contribution in [0.25, 0.3) is 0 Å². The van der Waals surface area contributed by atoms with E-state index in [2.05, 4.69) is 21.2 Å². The van der Waals surface area contributed by atoms with E-state index in [1.165, 1.54) is 10.5 Å². The second-order valence-electron chi connectivity index (χ2n) is 6.95. The number of halogens is 1. The number of carbonyl (C=O) groups excluding carboxylic acids is 2. The maximum atomic E-state index is 12.6. The SMILES string of the molecule is C[C@H](NC(=O)C(O)C(O)C(=O)N1CCc2ccccc2C1)c1cccc(Br)c1. The van der Waals surface area contributed by atoms with Crippen molar-refractivity contribution in [3.05, 3.63) is 69.7 Å². The average molecular weight is 447 g/mol. The first-order chi connectivity index (χ1) is 13.4. The Morgan fingerprint density at radius 1 is 1.07 bits per heavy atom. The van der Waals surface area contributed by atoms with Crippen LogP contribution in [0.1, 0.15) is 29.7 Å². The largest absolute Gasteiger partial charge is 0.380 e. The van der Waals surface area contributed by atoms with Gasteiger partial charge >= 0.3 is 0 Å². The van der Waals surface area contributed by atoms with E-state index >= 15 is 0 Å². The van der Waals surface area contributed by atoms with Gasteiger partial charge in [-0.1, -0.05) is 52.3 Å². The Labute approximate surface area is 172 Å². The third kappa shape index (κ3) is 4.60. The monoisotopic (exact) mass is 446 g/mol. The fraction of sp³-hybridized carbons (Fsp3) is 0.333. The van der Waals surface area contributed by atoms with Crippen LogP contribution in [0, 0.1) is 0 Å². The van der Waals surface area contributed by atoms with E-state index < -0.39 is 24.0 Å². The van der Waals surface area contributed by atoms with Gasteiger partial charge in [0.1, 0.15) is 0 Å². The molecule has 148 valence electrons. The van der Waals surface area contributed by atoms with Crippen LogP contribution in [0.4, 0.5) is 0 Å². The predicted molar refractivity (Wildman–Crippen MR) is 108 cm³/mol. The highest BCUT2D eigenvalue weighted by Crippen LogP contribution is 2.20. The minimum Gasteiger partial charge on any atom is -0.380 e. The summed E-state index contributed by atoms with van der Waals surface area (Å²) in [6, 6.07) is 14.8. The molecule has 0 bridgehead atoms. The number of nitrogens with one attached hydrogen (secondary N) is 1. The second kappa shape index (κ2) is 8.86. The Bertz CT molecular complexity index is 873. The van der Waals surface area contributed by atoms with Crippen LogP contribution in [0.5, 0.6) is 0 Å². The summed E-state index contributed by atoms with van der Waals surface area (Å²) in [5.41, 5.74) is 3.02. The lowest BCUT2D eigenvalue weighted by Crippen LogP contribution is -2.51. The van der Waals surface area contributed by atoms with Crippen LogP contribution < -0.4 is 5.32 Å². The van der Waals surface area contributed by atoms with E-state index in [1.54, 1.807) is 6.92 Å². The Kier molecular flexibility index (Phi) is 6.49. The van der Waals surface area contributed by atoms with Crippen molar-refractivity contribution in [3.63, 3.8) is 0 Å². The first-order valence-corrected chi connectivity index (χ1v) is 9.93. The second-order valence-corrected chi connectivity index (χ2v) is 7.87. The molecule has 0 aromatic heterocycles. The number of rotatable bonds is 5. The number of aliphatic hydroxyl groups is 2. The molecule has 0 spiro atoms. The summed E-state index contributed by atoms with van der Waals surface area (Å²) in [5.74, 6) is -1.43. The molecular formula is C21H23BrN2O4. The summed E-state index contributed by atoms with van der Waals surface area (Å²) < 4.78 is 0.868. The van der Waals surface area contributed by atoms with Gasteiger partial charge in [-0.3, -0.25) is 9.59 Å². The van der Waals surface area contributed by atoms with Crippen LogP contribution in [0.2, 0.25) is 0 Å². The van der Waals surface area contributed by atoms with E-state index in [9.17, 15) is 19.8 Å². The molecule has 6 nitrogen and oxygen atoms in total. The van der Waals surface area contributed by atoms with Crippen molar-refractivity contribution in [2.45, 2.75) is 38.1 Å². The van der Waals surface area contributed by atoms with Gasteiger partial charge in [-0.25, -0.2) is 0 Å². The zero-order chi connectivity index (χ0) is 20.3. The lowest BCUT2D eigenvalue weighted by molar-refractivity contribution is -0.154. The highest BCUT2D eigenvalue weighted by molar-refractivity contribution is 9.10. The number of hydrogen-bond donors (Lipinski definition) is 3. The zero-order valence-electron chi connectivity index (χ0n) is 15.5. The van der Waals surface area contributed by atoms with Gasteiger partial charge in [-0.15, -0.1) is 0 Å². The third-order valence-electron chi connectivity index (χ3n) is 4.97. The number of fused-ring (bicyclic) bond motifs is 1. The number of benzene rings is 2. The Morgan fingerprint density at radius 2 is 1.79 bits per heavy atom. The summed E-state index contributed by atoms with van der Waals surface area (Å²) in [6.07, 6.45) is -2.96. The highest BCUT2D eigenvalue weighted by Gasteiger charge is 2.35. The molecule has 0 fully saturated rings. The molecule has 0 saturated heterocycles. The summed E-state index contributed by atoms with van der Waals surface area (Å²) in [5, 5.41) is 23.1. The van der Waals surface area contributed by atoms with E-state index in [0.29, 0.717) is 19.5 Å². The molecule has 1 aliphatic rings. The molecule has 0 radical (unpaired) electrons. The molecular weight excluding hydrogens is 424 g/mol. The van der Waals surface area contributed by atoms with Gasteiger partial charge in [0.05, 0.1) is 6.04 Å². The molecule has 2 amide bonds. The summed E-state index contributed by atoms with van der Waals surface area (Å²) in [7, 11) is 0. The lowest BCUT2D eigenvalue weighted by atomic mass is 9.99. The fourth-order valence-corrected chi connectivity index (χ4v) is 3.72. The smallest absolute Gasteiger partial charge is 0.255 e. The molecule has 28 heavy (non-hydrogen) atoms. The number of carbonyl (C=O) groups is 2. The van der Waals surface area contributed by atoms with Gasteiger partial charge in [-0.2, -0.15) is 0 Å². The highest BCUT2D eigenvalue weighted by atomic mass is 79.9. The number of amides is 2. The maximum Gasteiger partial charge on any atom is 0.255 e. The number of nitrogens with zero attached hydrogens (tertiary/aromatic N) is 1. The minimum atomic E-state index is -1.83. The molecule has 2 unspecified atom stereocenters. The van der Waals surface area contributed by atoms with Gasteiger partial charge < -0.3 is 20.4 Å². The minimum absolute atomic E-state index is 0.356. The third-order valence-corrected chi connectivity index (χ3v) is 5.46. The predicted octanol–water partition coefficient (Wildman–Crippen LogP) is 1.93. The fourth-order valence-electron chi connectivity index (χ4n) is 3.31. The van der Waals surface area contributed by atoms with Gasteiger partial charge in [0.15, 0.2) is 12.2 Å². The topological polar surface area (TPSA) is 89.9 Å². The summed E-state index contributed by atoms with van der Waals surface area (Å²) in [4.78, 5) is 26.4. The maximum absolute atomic E-state index is 12.6. The van der Waals surface area contributed by atoms with E-state index in [1.807, 2.05) is 48.5 Å². The first kappa shape index (κ1) is 20.5. The van der Waals surface area contributed by atoms with E-state index in [0.717, 1.165) is 15.6 Å². The normalized spacial score (nSPS) is 16.6.